The quantitative estimate of drug-likeness (QED) is 0.857. The molecule has 1 aromatic carbocycles. The van der Waals surface area contributed by atoms with Gasteiger partial charge in [0, 0.05) is 12.0 Å². The zero-order valence-electron chi connectivity index (χ0n) is 11.7. The summed E-state index contributed by atoms with van der Waals surface area (Å²) in [5.74, 6) is -0.489. The molecule has 1 aliphatic rings. The SMILES string of the molecule is CC1(C#N)C[C@](C)(F)[C@@](C)(c2ccccc2F)N=C1N. The van der Waals surface area contributed by atoms with Crippen molar-refractivity contribution in [2.45, 2.75) is 38.4 Å². The molecule has 106 valence electrons. The van der Waals surface area contributed by atoms with Gasteiger partial charge in [0.1, 0.15) is 28.3 Å². The van der Waals surface area contributed by atoms with E-state index in [1.54, 1.807) is 13.0 Å². The lowest BCUT2D eigenvalue weighted by Crippen LogP contribution is -2.55. The molecule has 0 aromatic heterocycles. The minimum Gasteiger partial charge on any atom is -0.386 e. The molecular formula is C15H17F2N3. The lowest BCUT2D eigenvalue weighted by atomic mass is 9.66. The number of nitriles is 1. The first-order chi connectivity index (χ1) is 9.16. The third kappa shape index (κ3) is 1.87. The average molecular weight is 277 g/mol. The summed E-state index contributed by atoms with van der Waals surface area (Å²) in [7, 11) is 0. The fourth-order valence-electron chi connectivity index (χ4n) is 2.70. The first kappa shape index (κ1) is 14.4. The molecule has 2 N–H and O–H groups in total. The lowest BCUT2D eigenvalue weighted by Gasteiger charge is -2.46. The fraction of sp³-hybridized carbons (Fsp3) is 0.467. The molecule has 0 fully saturated rings. The number of benzene rings is 1. The summed E-state index contributed by atoms with van der Waals surface area (Å²) in [4.78, 5) is 4.18. The molecular weight excluding hydrogens is 260 g/mol. The van der Waals surface area contributed by atoms with Crippen molar-refractivity contribution in [1.82, 2.24) is 0 Å². The molecule has 20 heavy (non-hydrogen) atoms. The number of hydrogen-bond donors (Lipinski definition) is 1. The van der Waals surface area contributed by atoms with Crippen molar-refractivity contribution < 1.29 is 8.78 Å². The highest BCUT2D eigenvalue weighted by molar-refractivity contribution is 5.90. The normalized spacial score (nSPS) is 37.1. The van der Waals surface area contributed by atoms with Crippen LogP contribution in [0.5, 0.6) is 0 Å². The van der Waals surface area contributed by atoms with E-state index < -0.39 is 22.4 Å². The molecule has 3 nitrogen and oxygen atoms in total. The molecule has 0 spiro atoms. The third-order valence-electron chi connectivity index (χ3n) is 4.26. The Morgan fingerprint density at radius 2 is 1.90 bits per heavy atom. The summed E-state index contributed by atoms with van der Waals surface area (Å²) in [5, 5.41) is 9.20. The maximum atomic E-state index is 15.2. The summed E-state index contributed by atoms with van der Waals surface area (Å²) in [5.41, 5.74) is 1.49. The summed E-state index contributed by atoms with van der Waals surface area (Å²) in [6, 6.07) is 7.93. The Balaban J connectivity index is 2.68. The summed E-state index contributed by atoms with van der Waals surface area (Å²) in [6.45, 7) is 4.39. The van der Waals surface area contributed by atoms with Gasteiger partial charge < -0.3 is 5.73 Å². The van der Waals surface area contributed by atoms with Gasteiger partial charge in [-0.1, -0.05) is 18.2 Å². The van der Waals surface area contributed by atoms with E-state index in [0.29, 0.717) is 0 Å². The van der Waals surface area contributed by atoms with Gasteiger partial charge in [0.2, 0.25) is 0 Å². The molecule has 0 bridgehead atoms. The van der Waals surface area contributed by atoms with Crippen LogP contribution in [0.1, 0.15) is 32.8 Å². The lowest BCUT2D eigenvalue weighted by molar-refractivity contribution is 0.0433. The van der Waals surface area contributed by atoms with Crippen LogP contribution in [-0.2, 0) is 5.54 Å². The van der Waals surface area contributed by atoms with Gasteiger partial charge in [0.05, 0.1) is 6.07 Å². The molecule has 5 heteroatoms. The van der Waals surface area contributed by atoms with Gasteiger partial charge >= 0.3 is 0 Å². The van der Waals surface area contributed by atoms with Crippen LogP contribution in [0.15, 0.2) is 29.3 Å². The number of nitrogens with zero attached hydrogens (tertiary/aromatic N) is 2. The Morgan fingerprint density at radius 3 is 2.45 bits per heavy atom. The molecule has 0 amide bonds. The summed E-state index contributed by atoms with van der Waals surface area (Å²) in [6.07, 6.45) is -0.128. The second-order valence-electron chi connectivity index (χ2n) is 5.87. The van der Waals surface area contributed by atoms with Crippen LogP contribution >= 0.6 is 0 Å². The first-order valence-electron chi connectivity index (χ1n) is 6.37. The van der Waals surface area contributed by atoms with Crippen LogP contribution in [-0.4, -0.2) is 11.5 Å². The second kappa shape index (κ2) is 4.27. The molecule has 3 atom stereocenters. The molecule has 0 radical (unpaired) electrons. The van der Waals surface area contributed by atoms with Crippen LogP contribution in [0.25, 0.3) is 0 Å². The van der Waals surface area contributed by atoms with Gasteiger partial charge in [0.25, 0.3) is 0 Å². The largest absolute Gasteiger partial charge is 0.386 e. The summed E-state index contributed by atoms with van der Waals surface area (Å²) >= 11 is 0. The summed E-state index contributed by atoms with van der Waals surface area (Å²) < 4.78 is 29.2. The number of nitrogens with two attached hydrogens (primary N) is 1. The van der Waals surface area contributed by atoms with Crippen molar-refractivity contribution in [2.24, 2.45) is 16.1 Å². The highest BCUT2D eigenvalue weighted by atomic mass is 19.1. The van der Waals surface area contributed by atoms with Gasteiger partial charge in [-0.3, -0.25) is 4.99 Å². The van der Waals surface area contributed by atoms with E-state index in [4.69, 9.17) is 5.73 Å². The van der Waals surface area contributed by atoms with E-state index in [-0.39, 0.29) is 17.8 Å². The zero-order valence-corrected chi connectivity index (χ0v) is 11.7. The van der Waals surface area contributed by atoms with E-state index in [2.05, 4.69) is 4.99 Å². The minimum atomic E-state index is -1.89. The van der Waals surface area contributed by atoms with Gasteiger partial charge in [-0.15, -0.1) is 0 Å². The maximum Gasteiger partial charge on any atom is 0.139 e. The molecule has 1 unspecified atom stereocenters. The van der Waals surface area contributed by atoms with Crippen molar-refractivity contribution in [3.63, 3.8) is 0 Å². The Labute approximate surface area is 117 Å². The monoisotopic (exact) mass is 277 g/mol. The van der Waals surface area contributed by atoms with Crippen LogP contribution in [0.4, 0.5) is 8.78 Å². The van der Waals surface area contributed by atoms with Crippen molar-refractivity contribution >= 4 is 5.84 Å². The molecule has 0 saturated heterocycles. The second-order valence-corrected chi connectivity index (χ2v) is 5.87. The van der Waals surface area contributed by atoms with E-state index in [9.17, 15) is 9.65 Å². The Kier molecular flexibility index (Phi) is 3.09. The smallest absolute Gasteiger partial charge is 0.139 e. The number of halogens is 2. The number of hydrogen-bond acceptors (Lipinski definition) is 3. The van der Waals surface area contributed by atoms with E-state index in [1.165, 1.54) is 32.0 Å². The highest BCUT2D eigenvalue weighted by Gasteiger charge is 2.56. The Bertz CT molecular complexity index is 618. The molecule has 0 aliphatic carbocycles. The van der Waals surface area contributed by atoms with Gasteiger partial charge in [-0.25, -0.2) is 8.78 Å². The molecule has 1 heterocycles. The van der Waals surface area contributed by atoms with Crippen molar-refractivity contribution in [2.75, 3.05) is 0 Å². The van der Waals surface area contributed by atoms with Gasteiger partial charge in [-0.05, 0) is 26.8 Å². The van der Waals surface area contributed by atoms with Gasteiger partial charge in [0.15, 0.2) is 0 Å². The molecule has 1 aliphatic heterocycles. The van der Waals surface area contributed by atoms with Gasteiger partial charge in [-0.2, -0.15) is 5.26 Å². The van der Waals surface area contributed by atoms with Crippen molar-refractivity contribution in [1.29, 1.82) is 5.26 Å². The Morgan fingerprint density at radius 1 is 1.30 bits per heavy atom. The van der Waals surface area contributed by atoms with Crippen LogP contribution in [0.2, 0.25) is 0 Å². The number of alkyl halides is 1. The zero-order chi connectivity index (χ0) is 15.2. The minimum absolute atomic E-state index is 0.0425. The van der Waals surface area contributed by atoms with Crippen LogP contribution in [0, 0.1) is 22.6 Å². The number of amidine groups is 1. The fourth-order valence-corrected chi connectivity index (χ4v) is 2.70. The van der Waals surface area contributed by atoms with E-state index in [0.717, 1.165) is 0 Å². The molecule has 2 rings (SSSR count). The highest BCUT2D eigenvalue weighted by Crippen LogP contribution is 2.50. The maximum absolute atomic E-state index is 15.2. The Hall–Kier alpha value is -1.96. The number of rotatable bonds is 1. The predicted octanol–water partition coefficient (Wildman–Crippen LogP) is 3.06. The first-order valence-corrected chi connectivity index (χ1v) is 6.37. The van der Waals surface area contributed by atoms with E-state index >= 15 is 4.39 Å². The van der Waals surface area contributed by atoms with Crippen molar-refractivity contribution in [3.8, 4) is 6.07 Å². The van der Waals surface area contributed by atoms with Crippen LogP contribution < -0.4 is 5.73 Å². The van der Waals surface area contributed by atoms with E-state index in [1.807, 2.05) is 6.07 Å². The average Bonchev–Trinajstić information content (AvgIpc) is 2.36. The van der Waals surface area contributed by atoms with Crippen molar-refractivity contribution in [3.05, 3.63) is 35.6 Å². The molecule has 0 saturated carbocycles. The number of aliphatic imine (C=N–C) groups is 1. The topological polar surface area (TPSA) is 62.2 Å². The third-order valence-corrected chi connectivity index (χ3v) is 4.26. The molecule has 1 aromatic rings. The predicted molar refractivity (Wildman–Crippen MR) is 73.2 cm³/mol. The standard InChI is InChI=1S/C15H17F2N3/c1-13(9-18)8-14(2,17)15(3,20-12(13)19)10-6-4-5-7-11(10)16/h4-7H,8H2,1-3H3,(H2,19,20)/t13?,14-,15+/m0/s1. The van der Waals surface area contributed by atoms with Crippen LogP contribution in [0.3, 0.4) is 0 Å².